The molecule has 4 aromatic rings. The van der Waals surface area contributed by atoms with Crippen molar-refractivity contribution in [2.24, 2.45) is 5.92 Å². The van der Waals surface area contributed by atoms with Gasteiger partial charge in [-0.15, -0.1) is 11.3 Å². The SMILES string of the molecule is Cc1cc(F)cc(C)c1C(=O)c1sc2cc(O)ccc2c1-c1ccc(O[C@@H]2CCN(CCC3CC3)C2)cc1. The van der Waals surface area contributed by atoms with E-state index in [-0.39, 0.29) is 23.5 Å². The highest BCUT2D eigenvalue weighted by molar-refractivity contribution is 7.21. The van der Waals surface area contributed by atoms with Gasteiger partial charge < -0.3 is 9.84 Å². The molecule has 0 unspecified atom stereocenters. The van der Waals surface area contributed by atoms with Gasteiger partial charge in [0.2, 0.25) is 5.78 Å². The van der Waals surface area contributed by atoms with E-state index < -0.39 is 0 Å². The van der Waals surface area contributed by atoms with E-state index >= 15 is 0 Å². The van der Waals surface area contributed by atoms with Crippen LogP contribution in [0.1, 0.15) is 52.0 Å². The van der Waals surface area contributed by atoms with Gasteiger partial charge >= 0.3 is 0 Å². The van der Waals surface area contributed by atoms with Crippen molar-refractivity contribution >= 4 is 27.2 Å². The van der Waals surface area contributed by atoms with E-state index in [4.69, 9.17) is 4.74 Å². The van der Waals surface area contributed by atoms with Crippen LogP contribution in [0.2, 0.25) is 0 Å². The van der Waals surface area contributed by atoms with Crippen molar-refractivity contribution in [2.45, 2.75) is 45.6 Å². The summed E-state index contributed by atoms with van der Waals surface area (Å²) in [4.78, 5) is 17.0. The molecule has 3 aromatic carbocycles. The predicted octanol–water partition coefficient (Wildman–Crippen LogP) is 7.51. The minimum absolute atomic E-state index is 0.131. The maximum Gasteiger partial charge on any atom is 0.204 e. The molecule has 2 heterocycles. The highest BCUT2D eigenvalue weighted by atomic mass is 32.1. The molecule has 196 valence electrons. The van der Waals surface area contributed by atoms with Crippen molar-refractivity contribution < 1.29 is 19.0 Å². The number of aromatic hydroxyl groups is 1. The van der Waals surface area contributed by atoms with Crippen molar-refractivity contribution in [3.05, 3.63) is 82.0 Å². The number of carbonyl (C=O) groups excluding carboxylic acids is 1. The van der Waals surface area contributed by atoms with Gasteiger partial charge in [-0.1, -0.05) is 25.0 Å². The van der Waals surface area contributed by atoms with E-state index in [9.17, 15) is 14.3 Å². The Morgan fingerprint density at radius 1 is 1.05 bits per heavy atom. The smallest absolute Gasteiger partial charge is 0.204 e. The predicted molar refractivity (Wildman–Crippen MR) is 151 cm³/mol. The van der Waals surface area contributed by atoms with Crippen LogP contribution in [0, 0.1) is 25.6 Å². The zero-order chi connectivity index (χ0) is 26.4. The third-order valence-electron chi connectivity index (χ3n) is 7.83. The van der Waals surface area contributed by atoms with Gasteiger partial charge in [0.05, 0.1) is 4.88 Å². The third kappa shape index (κ3) is 5.07. The number of likely N-dealkylation sites (tertiary alicyclic amines) is 1. The van der Waals surface area contributed by atoms with Gasteiger partial charge in [0.1, 0.15) is 23.4 Å². The Bertz CT molecular complexity index is 1480. The molecule has 4 nitrogen and oxygen atoms in total. The second-order valence-electron chi connectivity index (χ2n) is 10.8. The summed E-state index contributed by atoms with van der Waals surface area (Å²) in [6.45, 7) is 6.78. The van der Waals surface area contributed by atoms with Crippen molar-refractivity contribution in [2.75, 3.05) is 19.6 Å². The summed E-state index contributed by atoms with van der Waals surface area (Å²) >= 11 is 1.36. The van der Waals surface area contributed by atoms with Gasteiger partial charge in [-0.2, -0.15) is 0 Å². The number of halogens is 1. The van der Waals surface area contributed by atoms with Crippen LogP contribution in [0.3, 0.4) is 0 Å². The standard InChI is InChI=1S/C32H32FNO3S/c1-19-15-23(33)16-20(2)29(19)31(36)32-30(27-10-7-24(35)17-28(27)38-32)22-5-8-25(9-6-22)37-26-12-14-34(18-26)13-11-21-3-4-21/h5-10,15-17,21,26,35H,3-4,11-14,18H2,1-2H3/t26-/m1/s1. The number of thiophene rings is 1. The summed E-state index contributed by atoms with van der Waals surface area (Å²) in [6, 6.07) is 16.0. The Morgan fingerprint density at radius 2 is 1.79 bits per heavy atom. The van der Waals surface area contributed by atoms with E-state index in [0.717, 1.165) is 52.4 Å². The van der Waals surface area contributed by atoms with Crippen LogP contribution in [-0.2, 0) is 0 Å². The highest BCUT2D eigenvalue weighted by Gasteiger charge is 2.28. The molecule has 0 amide bonds. The fraction of sp³-hybridized carbons (Fsp3) is 0.344. The molecule has 1 aliphatic heterocycles. The number of rotatable bonds is 8. The van der Waals surface area contributed by atoms with Gasteiger partial charge in [0.15, 0.2) is 0 Å². The molecule has 2 aliphatic rings. The fourth-order valence-corrected chi connectivity index (χ4v) is 6.88. The average molecular weight is 530 g/mol. The van der Waals surface area contributed by atoms with E-state index in [2.05, 4.69) is 4.90 Å². The lowest BCUT2D eigenvalue weighted by molar-refractivity contribution is 0.104. The Hall–Kier alpha value is -3.22. The Balaban J connectivity index is 1.29. The van der Waals surface area contributed by atoms with E-state index in [0.29, 0.717) is 21.6 Å². The minimum atomic E-state index is -0.345. The quantitative estimate of drug-likeness (QED) is 0.240. The monoisotopic (exact) mass is 529 g/mol. The first-order valence-electron chi connectivity index (χ1n) is 13.4. The molecule has 1 saturated carbocycles. The van der Waals surface area contributed by atoms with Crippen LogP contribution in [-0.4, -0.2) is 41.5 Å². The maximum absolute atomic E-state index is 14.0. The molecule has 6 heteroatoms. The fourth-order valence-electron chi connectivity index (χ4n) is 5.67. The summed E-state index contributed by atoms with van der Waals surface area (Å²) in [7, 11) is 0. The molecule has 2 fully saturated rings. The normalized spacial score (nSPS) is 17.8. The zero-order valence-corrected chi connectivity index (χ0v) is 22.6. The second kappa shape index (κ2) is 10.2. The van der Waals surface area contributed by atoms with Crippen molar-refractivity contribution in [3.63, 3.8) is 0 Å². The lowest BCUT2D eigenvalue weighted by atomic mass is 9.94. The Labute approximate surface area is 226 Å². The number of ketones is 1. The van der Waals surface area contributed by atoms with Crippen LogP contribution in [0.4, 0.5) is 4.39 Å². The molecule has 0 bridgehead atoms. The lowest BCUT2D eigenvalue weighted by Crippen LogP contribution is -2.26. The molecular formula is C32H32FNO3S. The summed E-state index contributed by atoms with van der Waals surface area (Å²) in [5.41, 5.74) is 3.50. The van der Waals surface area contributed by atoms with E-state index in [1.165, 1.54) is 49.3 Å². The Kier molecular flexibility index (Phi) is 6.70. The molecule has 6 rings (SSSR count). The molecule has 38 heavy (non-hydrogen) atoms. The van der Waals surface area contributed by atoms with Crippen LogP contribution >= 0.6 is 11.3 Å². The van der Waals surface area contributed by atoms with Gasteiger partial charge in [0, 0.05) is 34.3 Å². The number of hydrogen-bond donors (Lipinski definition) is 1. The summed E-state index contributed by atoms with van der Waals surface area (Å²) < 4.78 is 21.1. The molecule has 1 saturated heterocycles. The van der Waals surface area contributed by atoms with Gasteiger partial charge in [-0.25, -0.2) is 4.39 Å². The Morgan fingerprint density at radius 3 is 2.50 bits per heavy atom. The first kappa shape index (κ1) is 25.1. The summed E-state index contributed by atoms with van der Waals surface area (Å²) in [6.07, 6.45) is 5.35. The number of hydrogen-bond acceptors (Lipinski definition) is 5. The number of phenols is 1. The van der Waals surface area contributed by atoms with Crippen molar-refractivity contribution in [3.8, 4) is 22.6 Å². The van der Waals surface area contributed by atoms with Crippen LogP contribution in [0.5, 0.6) is 11.5 Å². The largest absolute Gasteiger partial charge is 0.508 e. The number of benzene rings is 3. The maximum atomic E-state index is 14.0. The van der Waals surface area contributed by atoms with Crippen molar-refractivity contribution in [1.29, 1.82) is 0 Å². The van der Waals surface area contributed by atoms with Crippen LogP contribution in [0.25, 0.3) is 21.2 Å². The molecule has 0 spiro atoms. The number of nitrogens with zero attached hydrogens (tertiary/aromatic N) is 1. The lowest BCUT2D eigenvalue weighted by Gasteiger charge is -2.17. The number of ether oxygens (including phenoxy) is 1. The van der Waals surface area contributed by atoms with Crippen LogP contribution < -0.4 is 4.74 Å². The van der Waals surface area contributed by atoms with E-state index in [1.807, 2.05) is 30.3 Å². The van der Waals surface area contributed by atoms with E-state index in [1.54, 1.807) is 26.0 Å². The summed E-state index contributed by atoms with van der Waals surface area (Å²) in [5, 5.41) is 11.0. The molecule has 1 aromatic heterocycles. The number of phenolic OH excluding ortho intramolecular Hbond substituents is 1. The summed E-state index contributed by atoms with van der Waals surface area (Å²) in [5.74, 6) is 1.46. The average Bonchev–Trinajstić information content (AvgIpc) is 3.48. The molecule has 1 N–H and O–H groups in total. The third-order valence-corrected chi connectivity index (χ3v) is 8.98. The molecular weight excluding hydrogens is 497 g/mol. The first-order chi connectivity index (χ1) is 18.4. The molecule has 1 atom stereocenters. The highest BCUT2D eigenvalue weighted by Crippen LogP contribution is 2.42. The van der Waals surface area contributed by atoms with Gasteiger partial charge in [-0.3, -0.25) is 9.69 Å². The topological polar surface area (TPSA) is 49.8 Å². The van der Waals surface area contributed by atoms with Gasteiger partial charge in [-0.05, 0) is 98.3 Å². The first-order valence-corrected chi connectivity index (χ1v) is 14.2. The molecule has 1 aliphatic carbocycles. The number of carbonyl (C=O) groups is 1. The second-order valence-corrected chi connectivity index (χ2v) is 11.9. The zero-order valence-electron chi connectivity index (χ0n) is 21.8. The number of fused-ring (bicyclic) bond motifs is 1. The van der Waals surface area contributed by atoms with Crippen LogP contribution in [0.15, 0.2) is 54.6 Å². The minimum Gasteiger partial charge on any atom is -0.508 e. The van der Waals surface area contributed by atoms with Gasteiger partial charge in [0.25, 0.3) is 0 Å². The number of aryl methyl sites for hydroxylation is 2. The van der Waals surface area contributed by atoms with Crippen molar-refractivity contribution in [1.82, 2.24) is 4.90 Å². The molecule has 0 radical (unpaired) electrons.